The molecule has 1 aliphatic heterocycles. The van der Waals surface area contributed by atoms with Gasteiger partial charge in [0.25, 0.3) is 0 Å². The van der Waals surface area contributed by atoms with Gasteiger partial charge in [-0.15, -0.1) is 11.3 Å². The van der Waals surface area contributed by atoms with E-state index >= 15 is 0 Å². The van der Waals surface area contributed by atoms with Gasteiger partial charge < -0.3 is 15.2 Å². The van der Waals surface area contributed by atoms with Gasteiger partial charge >= 0.3 is 0 Å². The molecule has 1 amide bonds. The molecule has 0 spiro atoms. The molecule has 0 aliphatic carbocycles. The molecule has 0 saturated heterocycles. The first-order valence-electron chi connectivity index (χ1n) is 10.2. The van der Waals surface area contributed by atoms with Gasteiger partial charge in [-0.3, -0.25) is 4.79 Å². The summed E-state index contributed by atoms with van der Waals surface area (Å²) in [6.45, 7) is 0.409. The van der Waals surface area contributed by atoms with Crippen LogP contribution >= 0.6 is 11.3 Å². The first-order chi connectivity index (χ1) is 15.2. The highest BCUT2D eigenvalue weighted by Crippen LogP contribution is 2.44. The Kier molecular flexibility index (Phi) is 5.28. The van der Waals surface area contributed by atoms with E-state index < -0.39 is 12.0 Å². The van der Waals surface area contributed by atoms with Crippen LogP contribution in [0.3, 0.4) is 0 Å². The third-order valence-corrected chi connectivity index (χ3v) is 6.58. The maximum absolute atomic E-state index is 13.2. The zero-order valence-electron chi connectivity index (χ0n) is 16.7. The van der Waals surface area contributed by atoms with E-state index in [9.17, 15) is 9.90 Å². The number of nitrogens with one attached hydrogen (secondary N) is 1. The number of rotatable bonds is 5. The lowest BCUT2D eigenvalue weighted by molar-refractivity contribution is -0.122. The number of aliphatic hydroxyl groups is 1. The Balaban J connectivity index is 1.34. The predicted octanol–water partition coefficient (Wildman–Crippen LogP) is 5.38. The third-order valence-electron chi connectivity index (χ3n) is 5.45. The smallest absolute Gasteiger partial charge is 0.232 e. The Hall–Kier alpha value is -3.41. The van der Waals surface area contributed by atoms with E-state index in [1.807, 2.05) is 91.0 Å². The van der Waals surface area contributed by atoms with Gasteiger partial charge in [-0.1, -0.05) is 66.7 Å². The van der Waals surface area contributed by atoms with E-state index in [4.69, 9.17) is 4.74 Å². The molecule has 5 rings (SSSR count). The molecule has 4 aromatic rings. The Morgan fingerprint density at radius 1 is 0.871 bits per heavy atom. The molecular weight excluding hydrogens is 406 g/mol. The van der Waals surface area contributed by atoms with Crippen molar-refractivity contribution in [3.63, 3.8) is 0 Å². The highest BCUT2D eigenvalue weighted by Gasteiger charge is 2.32. The van der Waals surface area contributed by atoms with Crippen LogP contribution in [0.1, 0.15) is 38.5 Å². The van der Waals surface area contributed by atoms with Crippen molar-refractivity contribution < 1.29 is 14.6 Å². The Morgan fingerprint density at radius 3 is 2.16 bits per heavy atom. The van der Waals surface area contributed by atoms with Crippen molar-refractivity contribution in [3.8, 4) is 11.5 Å². The predicted molar refractivity (Wildman–Crippen MR) is 121 cm³/mol. The third kappa shape index (κ3) is 3.85. The monoisotopic (exact) mass is 427 g/mol. The molecule has 2 N–H and O–H groups in total. The van der Waals surface area contributed by atoms with Crippen molar-refractivity contribution in [1.29, 1.82) is 0 Å². The van der Waals surface area contributed by atoms with Crippen LogP contribution in [0.15, 0.2) is 91.0 Å². The van der Waals surface area contributed by atoms with Gasteiger partial charge in [0.1, 0.15) is 17.6 Å². The molecule has 0 fully saturated rings. The second-order valence-electron chi connectivity index (χ2n) is 7.45. The first kappa shape index (κ1) is 19.5. The van der Waals surface area contributed by atoms with Gasteiger partial charge in [0, 0.05) is 20.9 Å². The van der Waals surface area contributed by atoms with Gasteiger partial charge in [0.2, 0.25) is 5.91 Å². The average Bonchev–Trinajstić information content (AvgIpc) is 3.30. The summed E-state index contributed by atoms with van der Waals surface area (Å²) in [7, 11) is 0. The van der Waals surface area contributed by atoms with Crippen LogP contribution in [0.25, 0.3) is 0 Å². The van der Waals surface area contributed by atoms with Crippen molar-refractivity contribution >= 4 is 17.2 Å². The summed E-state index contributed by atoms with van der Waals surface area (Å²) < 4.78 is 5.99. The lowest BCUT2D eigenvalue weighted by atomic mass is 9.87. The van der Waals surface area contributed by atoms with Crippen LogP contribution in [-0.2, 0) is 11.3 Å². The van der Waals surface area contributed by atoms with Crippen molar-refractivity contribution in [1.82, 2.24) is 5.32 Å². The molecule has 5 heteroatoms. The number of carbonyl (C=O) groups excluding carboxylic acids is 1. The summed E-state index contributed by atoms with van der Waals surface area (Å²) in [5, 5.41) is 13.7. The summed E-state index contributed by atoms with van der Waals surface area (Å²) in [5.41, 5.74) is 2.59. The van der Waals surface area contributed by atoms with Crippen LogP contribution in [-0.4, -0.2) is 11.0 Å². The molecule has 4 nitrogen and oxygen atoms in total. The molecule has 0 bridgehead atoms. The SMILES string of the molecule is O=C(NCc1ccc([C@@H](O)c2ccccc2)s1)C1c2ccccc2Oc2ccccc21. The number of hydrogen-bond acceptors (Lipinski definition) is 4. The summed E-state index contributed by atoms with van der Waals surface area (Å²) in [4.78, 5) is 15.1. The summed E-state index contributed by atoms with van der Waals surface area (Å²) in [6.07, 6.45) is -0.662. The fourth-order valence-electron chi connectivity index (χ4n) is 3.90. The molecule has 3 aromatic carbocycles. The fourth-order valence-corrected chi connectivity index (χ4v) is 4.87. The molecule has 1 aliphatic rings. The lowest BCUT2D eigenvalue weighted by Gasteiger charge is -2.27. The summed E-state index contributed by atoms with van der Waals surface area (Å²) in [6, 6.07) is 28.8. The Bertz CT molecular complexity index is 1170. The second kappa shape index (κ2) is 8.38. The molecule has 0 saturated carbocycles. The van der Waals surface area contributed by atoms with E-state index in [-0.39, 0.29) is 5.91 Å². The summed E-state index contributed by atoms with van der Waals surface area (Å²) >= 11 is 1.51. The Labute approximate surface area is 184 Å². The second-order valence-corrected chi connectivity index (χ2v) is 8.65. The van der Waals surface area contributed by atoms with E-state index in [0.29, 0.717) is 18.0 Å². The van der Waals surface area contributed by atoms with E-state index in [1.165, 1.54) is 11.3 Å². The number of amides is 1. The fraction of sp³-hybridized carbons (Fsp3) is 0.115. The number of hydrogen-bond donors (Lipinski definition) is 2. The van der Waals surface area contributed by atoms with E-state index in [0.717, 1.165) is 26.4 Å². The largest absolute Gasteiger partial charge is 0.457 e. The van der Waals surface area contributed by atoms with Gasteiger partial charge in [-0.05, 0) is 29.8 Å². The maximum atomic E-state index is 13.2. The van der Waals surface area contributed by atoms with Crippen molar-refractivity contribution in [2.45, 2.75) is 18.6 Å². The molecule has 1 aromatic heterocycles. The zero-order valence-corrected chi connectivity index (χ0v) is 17.5. The van der Waals surface area contributed by atoms with Crippen LogP contribution in [0, 0.1) is 0 Å². The van der Waals surface area contributed by atoms with Crippen LogP contribution in [0.2, 0.25) is 0 Å². The molecule has 1 atom stereocenters. The number of aliphatic hydroxyl groups excluding tert-OH is 1. The number of fused-ring (bicyclic) bond motifs is 2. The van der Waals surface area contributed by atoms with Crippen molar-refractivity contribution in [2.24, 2.45) is 0 Å². The normalized spacial score (nSPS) is 13.6. The van der Waals surface area contributed by atoms with Crippen LogP contribution < -0.4 is 10.1 Å². The number of para-hydroxylation sites is 2. The standard InChI is InChI=1S/C26H21NO3S/c28-25(17-8-2-1-3-9-17)23-15-14-18(31-23)16-27-26(29)24-19-10-4-6-12-21(19)30-22-13-7-5-11-20(22)24/h1-15,24-25,28H,16H2,(H,27,29)/t25-/m0/s1. The number of carbonyl (C=O) groups is 1. The number of benzene rings is 3. The van der Waals surface area contributed by atoms with Gasteiger partial charge in [0.15, 0.2) is 0 Å². The van der Waals surface area contributed by atoms with Crippen molar-refractivity contribution in [2.75, 3.05) is 0 Å². The maximum Gasteiger partial charge on any atom is 0.232 e. The van der Waals surface area contributed by atoms with Gasteiger partial charge in [-0.2, -0.15) is 0 Å². The molecule has 31 heavy (non-hydrogen) atoms. The molecule has 2 heterocycles. The minimum absolute atomic E-state index is 0.0678. The topological polar surface area (TPSA) is 58.6 Å². The quantitative estimate of drug-likeness (QED) is 0.449. The average molecular weight is 428 g/mol. The van der Waals surface area contributed by atoms with Crippen molar-refractivity contribution in [3.05, 3.63) is 117 Å². The Morgan fingerprint density at radius 2 is 1.48 bits per heavy atom. The molecular formula is C26H21NO3S. The van der Waals surface area contributed by atoms with Crippen LogP contribution in [0.4, 0.5) is 0 Å². The highest BCUT2D eigenvalue weighted by atomic mass is 32.1. The van der Waals surface area contributed by atoms with Crippen LogP contribution in [0.5, 0.6) is 11.5 Å². The number of ether oxygens (including phenoxy) is 1. The van der Waals surface area contributed by atoms with Gasteiger partial charge in [0.05, 0.1) is 12.5 Å². The molecule has 0 unspecified atom stereocenters. The highest BCUT2D eigenvalue weighted by molar-refractivity contribution is 7.12. The van der Waals surface area contributed by atoms with E-state index in [1.54, 1.807) is 0 Å². The summed E-state index contributed by atoms with van der Waals surface area (Å²) in [5.74, 6) is 0.939. The van der Waals surface area contributed by atoms with Gasteiger partial charge in [-0.25, -0.2) is 0 Å². The van der Waals surface area contributed by atoms with E-state index in [2.05, 4.69) is 5.32 Å². The minimum atomic E-state index is -0.662. The minimum Gasteiger partial charge on any atom is -0.457 e. The lowest BCUT2D eigenvalue weighted by Crippen LogP contribution is -2.31. The molecule has 0 radical (unpaired) electrons. The number of thiophene rings is 1. The first-order valence-corrected chi connectivity index (χ1v) is 11.0. The zero-order chi connectivity index (χ0) is 21.2. The molecule has 154 valence electrons.